The van der Waals surface area contributed by atoms with E-state index in [9.17, 15) is 4.79 Å². The molecule has 5 heterocycles. The fourth-order valence-corrected chi connectivity index (χ4v) is 3.02. The van der Waals surface area contributed by atoms with Gasteiger partial charge in [0.2, 0.25) is 0 Å². The summed E-state index contributed by atoms with van der Waals surface area (Å²) in [6.07, 6.45) is 20.7. The van der Waals surface area contributed by atoms with Crippen LogP contribution in [0.1, 0.15) is 0 Å². The molecule has 0 aromatic carbocycles. The van der Waals surface area contributed by atoms with E-state index in [1.165, 1.54) is 0 Å². The van der Waals surface area contributed by atoms with Gasteiger partial charge >= 0.3 is 0 Å². The molecule has 0 spiro atoms. The van der Waals surface area contributed by atoms with E-state index >= 15 is 0 Å². The molecule has 128 valence electrons. The molecule has 0 radical (unpaired) electrons. The summed E-state index contributed by atoms with van der Waals surface area (Å²) in [7, 11) is 0. The van der Waals surface area contributed by atoms with Crippen molar-refractivity contribution in [3.05, 3.63) is 95.4 Å². The van der Waals surface area contributed by atoms with E-state index < -0.39 is 0 Å². The van der Waals surface area contributed by atoms with Crippen LogP contribution in [0.5, 0.6) is 0 Å². The Balaban J connectivity index is 1.65. The van der Waals surface area contributed by atoms with Gasteiger partial charge in [-0.1, -0.05) is 0 Å². The molecule has 0 aromatic rings. The van der Waals surface area contributed by atoms with Crippen molar-refractivity contribution in [1.29, 1.82) is 0 Å². The van der Waals surface area contributed by atoms with Crippen LogP contribution in [-0.2, 0) is 9.53 Å². The Hall–Kier alpha value is -3.93. The van der Waals surface area contributed by atoms with Crippen LogP contribution in [0.4, 0.5) is 0 Å². The molecule has 0 unspecified atom stereocenters. The number of aliphatic imine (C=N–C) groups is 4. The Bertz CT molecular complexity index is 1140. The van der Waals surface area contributed by atoms with Gasteiger partial charge in [-0.15, -0.1) is 0 Å². The monoisotopic (exact) mass is 352 g/mol. The molecule has 0 aromatic heterocycles. The van der Waals surface area contributed by atoms with Crippen LogP contribution >= 0.6 is 0 Å². The van der Waals surface area contributed by atoms with Crippen LogP contribution in [-0.4, -0.2) is 29.3 Å². The van der Waals surface area contributed by atoms with Gasteiger partial charge in [0.15, 0.2) is 5.76 Å². The van der Waals surface area contributed by atoms with Crippen LogP contribution in [0.2, 0.25) is 0 Å². The van der Waals surface area contributed by atoms with Crippen molar-refractivity contribution in [2.75, 3.05) is 0 Å². The molecule has 27 heavy (non-hydrogen) atoms. The Kier molecular flexibility index (Phi) is 3.47. The second kappa shape index (κ2) is 6.10. The Morgan fingerprint density at radius 2 is 1.11 bits per heavy atom. The highest BCUT2D eigenvalue weighted by Gasteiger charge is 2.18. The van der Waals surface area contributed by atoms with Gasteiger partial charge in [0.1, 0.15) is 5.71 Å². The summed E-state index contributed by atoms with van der Waals surface area (Å²) in [5, 5.41) is 0. The Morgan fingerprint density at radius 1 is 0.593 bits per heavy atom. The van der Waals surface area contributed by atoms with Crippen LogP contribution in [0.15, 0.2) is 115 Å². The molecule has 0 aliphatic carbocycles. The second-order valence-electron chi connectivity index (χ2n) is 6.11. The fraction of sp³-hybridized carbons (Fsp3) is 0. The number of carbonyl (C=O) groups excluding carboxylic acids is 1. The zero-order chi connectivity index (χ0) is 18.2. The van der Waals surface area contributed by atoms with Gasteiger partial charge in [-0.05, 0) is 60.8 Å². The van der Waals surface area contributed by atoms with Gasteiger partial charge in [0.05, 0.1) is 39.9 Å². The molecule has 5 rings (SSSR count). The number of hydrogen-bond acceptors (Lipinski definition) is 6. The van der Waals surface area contributed by atoms with Crippen LogP contribution in [0.3, 0.4) is 0 Å². The molecule has 0 saturated heterocycles. The predicted octanol–water partition coefficient (Wildman–Crippen LogP) is 3.08. The third-order valence-electron chi connectivity index (χ3n) is 4.18. The average molecular weight is 352 g/mol. The number of hydrogen-bond donors (Lipinski definition) is 0. The molecular formula is C21H12N4O2. The first-order valence-corrected chi connectivity index (χ1v) is 8.33. The van der Waals surface area contributed by atoms with E-state index in [0.29, 0.717) is 23.6 Å². The zero-order valence-corrected chi connectivity index (χ0v) is 14.0. The standard InChI is InChI=1S/C21H12N4O2/c26-12-27-21-11-19-9-17-4-3-15(23-17)7-13-1-2-14(22-13)8-16-5-6-18(24-16)10-20(21)25-19/h1-12H. The van der Waals surface area contributed by atoms with Gasteiger partial charge in [-0.25, -0.2) is 20.0 Å². The lowest BCUT2D eigenvalue weighted by molar-refractivity contribution is -0.124. The van der Waals surface area contributed by atoms with Crippen LogP contribution in [0, 0.1) is 0 Å². The Morgan fingerprint density at radius 3 is 1.67 bits per heavy atom. The third-order valence-corrected chi connectivity index (χ3v) is 4.18. The summed E-state index contributed by atoms with van der Waals surface area (Å²) in [4.78, 5) is 29.0. The van der Waals surface area contributed by atoms with Crippen molar-refractivity contribution >= 4 is 29.3 Å². The molecule has 0 amide bonds. The molecule has 6 nitrogen and oxygen atoms in total. The zero-order valence-electron chi connectivity index (χ0n) is 14.0. The fourth-order valence-electron chi connectivity index (χ4n) is 3.02. The first kappa shape index (κ1) is 15.3. The number of fused-ring (bicyclic) bond motifs is 4. The summed E-state index contributed by atoms with van der Waals surface area (Å²) in [6, 6.07) is 0. The summed E-state index contributed by atoms with van der Waals surface area (Å²) >= 11 is 0. The van der Waals surface area contributed by atoms with Crippen molar-refractivity contribution in [1.82, 2.24) is 0 Å². The van der Waals surface area contributed by atoms with Gasteiger partial charge in [0.25, 0.3) is 6.47 Å². The van der Waals surface area contributed by atoms with E-state index in [1.807, 2.05) is 54.7 Å². The SMILES string of the molecule is O=COC1=CC2=CC3=NC(=CC4=NC(=CC5=NC(=CC1=N2)C=C5)C=C4)C=C3. The minimum absolute atomic E-state index is 0.384. The van der Waals surface area contributed by atoms with E-state index in [1.54, 1.807) is 12.2 Å². The maximum absolute atomic E-state index is 10.8. The highest BCUT2D eigenvalue weighted by atomic mass is 16.5. The molecule has 0 fully saturated rings. The summed E-state index contributed by atoms with van der Waals surface area (Å²) < 4.78 is 5.07. The first-order valence-electron chi connectivity index (χ1n) is 8.33. The summed E-state index contributed by atoms with van der Waals surface area (Å²) in [6.45, 7) is 0.393. The van der Waals surface area contributed by atoms with Crippen molar-refractivity contribution in [2.45, 2.75) is 0 Å². The average Bonchev–Trinajstić information content (AvgIpc) is 3.41. The van der Waals surface area contributed by atoms with E-state index in [4.69, 9.17) is 4.74 Å². The molecule has 0 N–H and O–H groups in total. The number of carbonyl (C=O) groups is 1. The molecule has 8 bridgehead atoms. The smallest absolute Gasteiger partial charge is 0.298 e. The highest BCUT2D eigenvalue weighted by Crippen LogP contribution is 2.23. The molecule has 0 atom stereocenters. The number of ether oxygens (including phenoxy) is 1. The number of rotatable bonds is 2. The van der Waals surface area contributed by atoms with E-state index in [2.05, 4.69) is 20.0 Å². The molecule has 5 aliphatic heterocycles. The molecule has 0 saturated carbocycles. The van der Waals surface area contributed by atoms with Crippen LogP contribution < -0.4 is 0 Å². The van der Waals surface area contributed by atoms with Gasteiger partial charge in [-0.2, -0.15) is 0 Å². The topological polar surface area (TPSA) is 75.7 Å². The van der Waals surface area contributed by atoms with Crippen molar-refractivity contribution in [3.63, 3.8) is 0 Å². The normalized spacial score (nSPS) is 21.6. The third kappa shape index (κ3) is 3.04. The number of nitrogens with zero attached hydrogens (tertiary/aromatic N) is 4. The quantitative estimate of drug-likeness (QED) is 0.716. The molecular weight excluding hydrogens is 340 g/mol. The largest absolute Gasteiger partial charge is 0.426 e. The predicted molar refractivity (Wildman–Crippen MR) is 105 cm³/mol. The summed E-state index contributed by atoms with van der Waals surface area (Å²) in [5.41, 5.74) is 5.96. The van der Waals surface area contributed by atoms with Gasteiger partial charge in [0, 0.05) is 6.08 Å². The first-order chi connectivity index (χ1) is 13.2. The second-order valence-corrected chi connectivity index (χ2v) is 6.11. The van der Waals surface area contributed by atoms with Crippen molar-refractivity contribution in [2.24, 2.45) is 20.0 Å². The highest BCUT2D eigenvalue weighted by molar-refractivity contribution is 6.15. The minimum atomic E-state index is 0.384. The lowest BCUT2D eigenvalue weighted by Crippen LogP contribution is -2.00. The lowest BCUT2D eigenvalue weighted by Gasteiger charge is -1.98. The molecule has 5 aliphatic rings. The van der Waals surface area contributed by atoms with E-state index in [0.717, 1.165) is 34.2 Å². The lowest BCUT2D eigenvalue weighted by atomic mass is 10.2. The minimum Gasteiger partial charge on any atom is -0.426 e. The van der Waals surface area contributed by atoms with Crippen molar-refractivity contribution in [3.8, 4) is 0 Å². The van der Waals surface area contributed by atoms with Gasteiger partial charge < -0.3 is 4.74 Å². The van der Waals surface area contributed by atoms with Crippen molar-refractivity contribution < 1.29 is 9.53 Å². The Labute approximate surface area is 154 Å². The molecule has 6 heteroatoms. The maximum Gasteiger partial charge on any atom is 0.298 e. The maximum atomic E-state index is 10.8. The van der Waals surface area contributed by atoms with E-state index in [-0.39, 0.29) is 0 Å². The van der Waals surface area contributed by atoms with Crippen LogP contribution in [0.25, 0.3) is 0 Å². The summed E-state index contributed by atoms with van der Waals surface area (Å²) in [5.74, 6) is 0.384. The number of allylic oxidation sites excluding steroid dienone is 11. The van der Waals surface area contributed by atoms with Gasteiger partial charge in [-0.3, -0.25) is 4.79 Å².